The van der Waals surface area contributed by atoms with Crippen molar-refractivity contribution in [2.75, 3.05) is 0 Å². The maximum Gasteiger partial charge on any atom is 0.141 e. The number of fused-ring (bicyclic) bond motifs is 3. The number of hydrogen-bond donors (Lipinski definition) is 0. The smallest absolute Gasteiger partial charge is 0.141 e. The molecule has 1 aliphatic heterocycles. The molecule has 0 saturated heterocycles. The molecule has 0 amide bonds. The van der Waals surface area contributed by atoms with Crippen LogP contribution in [0.4, 0.5) is 0 Å². The van der Waals surface area contributed by atoms with Crippen LogP contribution in [0.5, 0.6) is 0 Å². The summed E-state index contributed by atoms with van der Waals surface area (Å²) in [4.78, 5) is 4.64. The van der Waals surface area contributed by atoms with E-state index in [2.05, 4.69) is 82.5 Å². The normalized spacial score (nSPS) is 17.1. The van der Waals surface area contributed by atoms with Gasteiger partial charge in [0.25, 0.3) is 0 Å². The van der Waals surface area contributed by atoms with Crippen molar-refractivity contribution in [2.45, 2.75) is 12.0 Å². The highest BCUT2D eigenvalue weighted by molar-refractivity contribution is 5.71. The first kappa shape index (κ1) is 15.6. The second-order valence-electron chi connectivity index (χ2n) is 6.88. The Morgan fingerprint density at radius 2 is 1.63 bits per heavy atom. The van der Waals surface area contributed by atoms with Gasteiger partial charge in [-0.3, -0.25) is 0 Å². The summed E-state index contributed by atoms with van der Waals surface area (Å²) < 4.78 is 2.28. The van der Waals surface area contributed by atoms with Crippen molar-refractivity contribution in [2.24, 2.45) is 0 Å². The summed E-state index contributed by atoms with van der Waals surface area (Å²) in [5, 5.41) is 9.21. The maximum atomic E-state index is 9.21. The molecule has 1 atom stereocenters. The molecule has 5 rings (SSSR count). The summed E-state index contributed by atoms with van der Waals surface area (Å²) in [6.45, 7) is 0. The molecule has 1 unspecified atom stereocenters. The Labute approximate surface area is 158 Å². The van der Waals surface area contributed by atoms with Gasteiger partial charge in [-0.1, -0.05) is 66.7 Å². The first-order valence-corrected chi connectivity index (χ1v) is 9.01. The second-order valence-corrected chi connectivity index (χ2v) is 6.88. The van der Waals surface area contributed by atoms with Crippen LogP contribution in [0.3, 0.4) is 0 Å². The van der Waals surface area contributed by atoms with Crippen LogP contribution in [-0.2, 0) is 12.0 Å². The van der Waals surface area contributed by atoms with Gasteiger partial charge in [-0.2, -0.15) is 5.26 Å². The van der Waals surface area contributed by atoms with Crippen LogP contribution >= 0.6 is 0 Å². The molecule has 3 aromatic carbocycles. The van der Waals surface area contributed by atoms with Gasteiger partial charge in [-0.15, -0.1) is 0 Å². The lowest BCUT2D eigenvalue weighted by Crippen LogP contribution is -2.35. The first-order chi connectivity index (χ1) is 13.3. The third-order valence-electron chi connectivity index (χ3n) is 5.46. The topological polar surface area (TPSA) is 41.6 Å². The van der Waals surface area contributed by atoms with Gasteiger partial charge in [0, 0.05) is 24.4 Å². The molecule has 128 valence electrons. The van der Waals surface area contributed by atoms with E-state index in [-0.39, 0.29) is 5.54 Å². The molecule has 27 heavy (non-hydrogen) atoms. The summed E-state index contributed by atoms with van der Waals surface area (Å²) >= 11 is 0. The quantitative estimate of drug-likeness (QED) is 0.536. The fourth-order valence-electron chi connectivity index (χ4n) is 4.27. The molecule has 0 spiro atoms. The third kappa shape index (κ3) is 2.24. The SMILES string of the molecule is N#Cc1ccc(C2(Cc3ccccc3)c3ccccc3-c3nccn32)cc1. The highest BCUT2D eigenvalue weighted by Crippen LogP contribution is 2.48. The lowest BCUT2D eigenvalue weighted by molar-refractivity contribution is 0.450. The van der Waals surface area contributed by atoms with Crippen molar-refractivity contribution >= 4 is 0 Å². The lowest BCUT2D eigenvalue weighted by Gasteiger charge is -2.34. The Hall–Kier alpha value is -3.64. The Morgan fingerprint density at radius 3 is 2.41 bits per heavy atom. The van der Waals surface area contributed by atoms with Gasteiger partial charge in [0.05, 0.1) is 11.6 Å². The number of rotatable bonds is 3. The summed E-state index contributed by atoms with van der Waals surface area (Å²) in [6.07, 6.45) is 4.76. The molecule has 0 fully saturated rings. The number of hydrogen-bond acceptors (Lipinski definition) is 2. The molecule has 3 nitrogen and oxygen atoms in total. The molecule has 0 bridgehead atoms. The van der Waals surface area contributed by atoms with Gasteiger partial charge >= 0.3 is 0 Å². The highest BCUT2D eigenvalue weighted by Gasteiger charge is 2.44. The van der Waals surface area contributed by atoms with Crippen molar-refractivity contribution in [3.05, 3.63) is 114 Å². The molecule has 1 aliphatic rings. The van der Waals surface area contributed by atoms with Crippen LogP contribution in [0.25, 0.3) is 11.4 Å². The van der Waals surface area contributed by atoms with Gasteiger partial charge in [-0.25, -0.2) is 4.98 Å². The van der Waals surface area contributed by atoms with Gasteiger partial charge in [0.2, 0.25) is 0 Å². The molecule has 0 N–H and O–H groups in total. The van der Waals surface area contributed by atoms with E-state index in [9.17, 15) is 5.26 Å². The van der Waals surface area contributed by atoms with Crippen LogP contribution in [0.2, 0.25) is 0 Å². The van der Waals surface area contributed by atoms with Crippen molar-refractivity contribution < 1.29 is 0 Å². The van der Waals surface area contributed by atoms with E-state index in [0.29, 0.717) is 5.56 Å². The molecular weight excluding hydrogens is 330 g/mol. The predicted octanol–water partition coefficient (Wildman–Crippen LogP) is 4.77. The minimum absolute atomic E-state index is 0.377. The molecule has 1 aromatic heterocycles. The number of benzene rings is 3. The monoisotopic (exact) mass is 347 g/mol. The fourth-order valence-corrected chi connectivity index (χ4v) is 4.27. The number of nitriles is 1. The van der Waals surface area contributed by atoms with Gasteiger partial charge < -0.3 is 4.57 Å². The van der Waals surface area contributed by atoms with Crippen LogP contribution < -0.4 is 0 Å². The molecule has 2 heterocycles. The lowest BCUT2D eigenvalue weighted by atomic mass is 9.78. The Kier molecular flexibility index (Phi) is 3.45. The molecule has 0 aliphatic carbocycles. The predicted molar refractivity (Wildman–Crippen MR) is 105 cm³/mol. The standard InChI is InChI=1S/C24H17N3/c25-17-19-10-12-20(13-11-19)24(16-18-6-2-1-3-7-18)22-9-5-4-8-21(22)23-26-14-15-27(23)24/h1-15H,16H2. The van der Waals surface area contributed by atoms with Gasteiger partial charge in [0.15, 0.2) is 0 Å². The van der Waals surface area contributed by atoms with Crippen molar-refractivity contribution in [1.82, 2.24) is 9.55 Å². The molecule has 0 radical (unpaired) electrons. The fraction of sp³-hybridized carbons (Fsp3) is 0.0833. The second kappa shape index (κ2) is 5.96. The minimum atomic E-state index is -0.377. The van der Waals surface area contributed by atoms with Gasteiger partial charge in [0.1, 0.15) is 11.4 Å². The summed E-state index contributed by atoms with van der Waals surface area (Å²) in [5.41, 5.74) is 5.14. The van der Waals surface area contributed by atoms with Crippen molar-refractivity contribution in [1.29, 1.82) is 5.26 Å². The van der Waals surface area contributed by atoms with Crippen LogP contribution in [0.1, 0.15) is 22.3 Å². The van der Waals surface area contributed by atoms with Crippen LogP contribution in [0, 0.1) is 11.3 Å². The van der Waals surface area contributed by atoms with E-state index in [4.69, 9.17) is 0 Å². The summed E-state index contributed by atoms with van der Waals surface area (Å²) in [5.74, 6) is 0.992. The van der Waals surface area contributed by atoms with E-state index >= 15 is 0 Å². The third-order valence-corrected chi connectivity index (χ3v) is 5.46. The van der Waals surface area contributed by atoms with E-state index in [1.54, 1.807) is 0 Å². The largest absolute Gasteiger partial charge is 0.316 e. The van der Waals surface area contributed by atoms with Crippen molar-refractivity contribution in [3.8, 4) is 17.5 Å². The molecule has 4 aromatic rings. The summed E-state index contributed by atoms with van der Waals surface area (Å²) in [6, 6.07) is 29.2. The Bertz CT molecular complexity index is 1150. The summed E-state index contributed by atoms with van der Waals surface area (Å²) in [7, 11) is 0. The Balaban J connectivity index is 1.81. The number of imidazole rings is 1. The van der Waals surface area contributed by atoms with E-state index < -0.39 is 0 Å². The molecule has 3 heteroatoms. The van der Waals surface area contributed by atoms with Crippen molar-refractivity contribution in [3.63, 3.8) is 0 Å². The van der Waals surface area contributed by atoms with E-state index in [1.807, 2.05) is 24.4 Å². The number of nitrogens with zero attached hydrogens (tertiary/aromatic N) is 3. The Morgan fingerprint density at radius 1 is 0.889 bits per heavy atom. The highest BCUT2D eigenvalue weighted by atomic mass is 15.2. The molecular formula is C24H17N3. The maximum absolute atomic E-state index is 9.21. The molecule has 0 saturated carbocycles. The van der Waals surface area contributed by atoms with Crippen LogP contribution in [-0.4, -0.2) is 9.55 Å². The zero-order valence-corrected chi connectivity index (χ0v) is 14.7. The van der Waals surface area contributed by atoms with E-state index in [1.165, 1.54) is 16.7 Å². The van der Waals surface area contributed by atoms with Crippen LogP contribution in [0.15, 0.2) is 91.3 Å². The average Bonchev–Trinajstić information content (AvgIpc) is 3.31. The van der Waals surface area contributed by atoms with Gasteiger partial charge in [-0.05, 0) is 28.8 Å². The zero-order chi connectivity index (χ0) is 18.3. The number of aromatic nitrogens is 2. The van der Waals surface area contributed by atoms with E-state index in [0.717, 1.165) is 17.8 Å². The first-order valence-electron chi connectivity index (χ1n) is 9.01. The zero-order valence-electron chi connectivity index (χ0n) is 14.7. The average molecular weight is 347 g/mol. The minimum Gasteiger partial charge on any atom is -0.316 e.